The predicted molar refractivity (Wildman–Crippen MR) is 104 cm³/mol. The lowest BCUT2D eigenvalue weighted by Crippen LogP contribution is -2.27. The minimum Gasteiger partial charge on any atom is -0.492 e. The quantitative estimate of drug-likeness (QED) is 0.610. The van der Waals surface area contributed by atoms with Gasteiger partial charge in [-0.05, 0) is 44.3 Å². The fourth-order valence-electron chi connectivity index (χ4n) is 2.36. The van der Waals surface area contributed by atoms with Gasteiger partial charge in [0.25, 0.3) is 0 Å². The minimum absolute atomic E-state index is 0.500. The standard InChI is InChI=1S/C18H28N6O/c1-4-20-17-16(19)13-21-18(23-17)22-14-7-9-15(10-8-14)25-12-11-24(5-2)6-3/h7-10,13H,4-6,11-12,19H2,1-3H3,(H2,20,21,22,23). The maximum Gasteiger partial charge on any atom is 0.229 e. The van der Waals surface area contributed by atoms with Crippen LogP contribution in [0.3, 0.4) is 0 Å². The molecule has 0 saturated carbocycles. The first-order valence-corrected chi connectivity index (χ1v) is 8.74. The number of anilines is 4. The van der Waals surface area contributed by atoms with Crippen molar-refractivity contribution in [1.29, 1.82) is 0 Å². The van der Waals surface area contributed by atoms with Crippen molar-refractivity contribution >= 4 is 23.1 Å². The molecule has 0 spiro atoms. The van der Waals surface area contributed by atoms with Gasteiger partial charge in [0.2, 0.25) is 5.95 Å². The molecule has 0 radical (unpaired) electrons. The number of rotatable bonds is 10. The second-order valence-corrected chi connectivity index (χ2v) is 5.55. The molecule has 0 bridgehead atoms. The Hall–Kier alpha value is -2.54. The van der Waals surface area contributed by atoms with Crippen molar-refractivity contribution in [2.75, 3.05) is 49.2 Å². The van der Waals surface area contributed by atoms with E-state index in [9.17, 15) is 0 Å². The Morgan fingerprint density at radius 3 is 2.48 bits per heavy atom. The predicted octanol–water partition coefficient (Wildman–Crippen LogP) is 2.95. The van der Waals surface area contributed by atoms with E-state index in [0.29, 0.717) is 24.1 Å². The number of nitrogen functional groups attached to an aromatic ring is 1. The van der Waals surface area contributed by atoms with Gasteiger partial charge in [0.05, 0.1) is 11.9 Å². The summed E-state index contributed by atoms with van der Waals surface area (Å²) in [7, 11) is 0. The Morgan fingerprint density at radius 1 is 1.12 bits per heavy atom. The summed E-state index contributed by atoms with van der Waals surface area (Å²) in [6.45, 7) is 10.8. The maximum absolute atomic E-state index is 5.84. The van der Waals surface area contributed by atoms with E-state index in [2.05, 4.69) is 39.3 Å². The molecular formula is C18H28N6O. The average molecular weight is 344 g/mol. The molecule has 0 fully saturated rings. The largest absolute Gasteiger partial charge is 0.492 e. The number of benzene rings is 1. The molecule has 1 aromatic carbocycles. The normalized spacial score (nSPS) is 10.7. The van der Waals surface area contributed by atoms with Crippen molar-refractivity contribution in [1.82, 2.24) is 14.9 Å². The van der Waals surface area contributed by atoms with Crippen molar-refractivity contribution in [2.24, 2.45) is 0 Å². The zero-order valence-corrected chi connectivity index (χ0v) is 15.2. The molecule has 0 aliphatic carbocycles. The highest BCUT2D eigenvalue weighted by Gasteiger charge is 2.05. The number of hydrogen-bond donors (Lipinski definition) is 3. The minimum atomic E-state index is 0.500. The molecule has 0 saturated heterocycles. The van der Waals surface area contributed by atoms with E-state index in [1.165, 1.54) is 0 Å². The maximum atomic E-state index is 5.84. The number of nitrogens with zero attached hydrogens (tertiary/aromatic N) is 3. The molecule has 0 atom stereocenters. The van der Waals surface area contributed by atoms with Crippen LogP contribution in [0.4, 0.5) is 23.1 Å². The van der Waals surface area contributed by atoms with Crippen LogP contribution in [0, 0.1) is 0 Å². The molecule has 0 unspecified atom stereocenters. The second-order valence-electron chi connectivity index (χ2n) is 5.55. The van der Waals surface area contributed by atoms with Crippen LogP contribution in [0.2, 0.25) is 0 Å². The topological polar surface area (TPSA) is 88.3 Å². The summed E-state index contributed by atoms with van der Waals surface area (Å²) >= 11 is 0. The summed E-state index contributed by atoms with van der Waals surface area (Å²) in [6, 6.07) is 7.76. The van der Waals surface area contributed by atoms with Gasteiger partial charge in [-0.25, -0.2) is 4.98 Å². The summed E-state index contributed by atoms with van der Waals surface area (Å²) in [6.07, 6.45) is 1.60. The summed E-state index contributed by atoms with van der Waals surface area (Å²) in [5, 5.41) is 6.28. The Labute approximate surface area is 149 Å². The van der Waals surface area contributed by atoms with Crippen molar-refractivity contribution in [3.63, 3.8) is 0 Å². The fraction of sp³-hybridized carbons (Fsp3) is 0.444. The molecule has 0 amide bonds. The first kappa shape index (κ1) is 18.8. The van der Waals surface area contributed by atoms with Gasteiger partial charge < -0.3 is 26.0 Å². The lowest BCUT2D eigenvalue weighted by molar-refractivity contribution is 0.223. The van der Waals surface area contributed by atoms with Crippen LogP contribution in [0.15, 0.2) is 30.5 Å². The monoisotopic (exact) mass is 344 g/mol. The van der Waals surface area contributed by atoms with Crippen molar-refractivity contribution in [2.45, 2.75) is 20.8 Å². The molecule has 2 rings (SSSR count). The van der Waals surface area contributed by atoms with Crippen molar-refractivity contribution in [3.05, 3.63) is 30.5 Å². The van der Waals surface area contributed by atoms with Gasteiger partial charge in [-0.3, -0.25) is 0 Å². The van der Waals surface area contributed by atoms with E-state index in [1.54, 1.807) is 6.20 Å². The van der Waals surface area contributed by atoms with Crippen molar-refractivity contribution < 1.29 is 4.74 Å². The molecule has 2 aromatic rings. The molecule has 7 nitrogen and oxygen atoms in total. The van der Waals surface area contributed by atoms with Gasteiger partial charge in [0.15, 0.2) is 5.82 Å². The van der Waals surface area contributed by atoms with Gasteiger partial charge in [-0.15, -0.1) is 0 Å². The molecule has 0 aliphatic heterocycles. The summed E-state index contributed by atoms with van der Waals surface area (Å²) in [5.41, 5.74) is 7.27. The van der Waals surface area contributed by atoms with E-state index >= 15 is 0 Å². The van der Waals surface area contributed by atoms with Gasteiger partial charge in [0.1, 0.15) is 12.4 Å². The summed E-state index contributed by atoms with van der Waals surface area (Å²) < 4.78 is 5.78. The Balaban J connectivity index is 1.91. The molecule has 0 aliphatic rings. The summed E-state index contributed by atoms with van der Waals surface area (Å²) in [4.78, 5) is 10.9. The van der Waals surface area contributed by atoms with Crippen LogP contribution in [0.5, 0.6) is 5.75 Å². The molecule has 4 N–H and O–H groups in total. The average Bonchev–Trinajstić information content (AvgIpc) is 2.63. The third kappa shape index (κ3) is 5.79. The highest BCUT2D eigenvalue weighted by molar-refractivity contribution is 5.64. The summed E-state index contributed by atoms with van der Waals surface area (Å²) in [5.74, 6) is 1.99. The van der Waals surface area contributed by atoms with Crippen LogP contribution in [-0.2, 0) is 0 Å². The van der Waals surface area contributed by atoms with Gasteiger partial charge >= 0.3 is 0 Å². The number of aromatic nitrogens is 2. The zero-order valence-electron chi connectivity index (χ0n) is 15.2. The van der Waals surface area contributed by atoms with E-state index in [-0.39, 0.29) is 0 Å². The van der Waals surface area contributed by atoms with Crippen LogP contribution >= 0.6 is 0 Å². The molecule has 1 aromatic heterocycles. The lowest BCUT2D eigenvalue weighted by Gasteiger charge is -2.18. The number of likely N-dealkylation sites (N-methyl/N-ethyl adjacent to an activating group) is 1. The SMILES string of the molecule is CCNc1nc(Nc2ccc(OCCN(CC)CC)cc2)ncc1N. The molecule has 1 heterocycles. The number of hydrogen-bond acceptors (Lipinski definition) is 7. The van der Waals surface area contributed by atoms with Crippen LogP contribution in [-0.4, -0.2) is 47.7 Å². The van der Waals surface area contributed by atoms with E-state index in [1.807, 2.05) is 31.2 Å². The van der Waals surface area contributed by atoms with Gasteiger partial charge in [-0.2, -0.15) is 4.98 Å². The number of nitrogens with two attached hydrogens (primary N) is 1. The Bertz CT molecular complexity index is 643. The fourth-order valence-corrected chi connectivity index (χ4v) is 2.36. The highest BCUT2D eigenvalue weighted by Crippen LogP contribution is 2.21. The third-order valence-corrected chi connectivity index (χ3v) is 3.84. The van der Waals surface area contributed by atoms with Crippen molar-refractivity contribution in [3.8, 4) is 5.75 Å². The van der Waals surface area contributed by atoms with Gasteiger partial charge in [-0.1, -0.05) is 13.8 Å². The van der Waals surface area contributed by atoms with E-state index in [4.69, 9.17) is 10.5 Å². The van der Waals surface area contributed by atoms with E-state index in [0.717, 1.165) is 37.6 Å². The molecule has 136 valence electrons. The molecular weight excluding hydrogens is 316 g/mol. The second kappa shape index (κ2) is 9.68. The van der Waals surface area contributed by atoms with Gasteiger partial charge in [0, 0.05) is 18.8 Å². The zero-order chi connectivity index (χ0) is 18.1. The smallest absolute Gasteiger partial charge is 0.229 e. The highest BCUT2D eigenvalue weighted by atomic mass is 16.5. The van der Waals surface area contributed by atoms with Crippen LogP contribution in [0.1, 0.15) is 20.8 Å². The molecule has 25 heavy (non-hydrogen) atoms. The van der Waals surface area contributed by atoms with Crippen LogP contribution in [0.25, 0.3) is 0 Å². The third-order valence-electron chi connectivity index (χ3n) is 3.84. The number of ether oxygens (including phenoxy) is 1. The number of nitrogens with one attached hydrogen (secondary N) is 2. The Kier molecular flexibility index (Phi) is 7.28. The van der Waals surface area contributed by atoms with Crippen LogP contribution < -0.4 is 21.1 Å². The first-order valence-electron chi connectivity index (χ1n) is 8.74. The Morgan fingerprint density at radius 2 is 1.84 bits per heavy atom. The first-order chi connectivity index (χ1) is 12.2. The lowest BCUT2D eigenvalue weighted by atomic mass is 10.3. The molecule has 7 heteroatoms. The van der Waals surface area contributed by atoms with E-state index < -0.39 is 0 Å².